The molecule has 0 fully saturated rings. The standard InChI is InChI=1S/C24H29NO7Si/c1-27-15-12-20(29-3)23(21(13-15)30-4)25-24(26)18-10-11-22(31-18)32-19-14-16(33(5,6)7)8-9-17(19)28-2/h8-14H,1-7H3,(H,25,26). The summed E-state index contributed by atoms with van der Waals surface area (Å²) >= 11 is 0. The zero-order valence-corrected chi connectivity index (χ0v) is 20.9. The number of amides is 1. The highest BCUT2D eigenvalue weighted by Gasteiger charge is 2.22. The normalized spacial score (nSPS) is 11.0. The van der Waals surface area contributed by atoms with Gasteiger partial charge in [0.1, 0.15) is 22.9 Å². The molecular weight excluding hydrogens is 442 g/mol. The summed E-state index contributed by atoms with van der Waals surface area (Å²) in [7, 11) is 4.53. The monoisotopic (exact) mass is 471 g/mol. The van der Waals surface area contributed by atoms with E-state index in [-0.39, 0.29) is 11.7 Å². The molecule has 0 saturated heterocycles. The molecule has 0 aliphatic carbocycles. The van der Waals surface area contributed by atoms with Crippen LogP contribution in [0.3, 0.4) is 0 Å². The number of carbonyl (C=O) groups is 1. The second-order valence-electron chi connectivity index (χ2n) is 8.20. The van der Waals surface area contributed by atoms with E-state index in [1.165, 1.54) is 32.6 Å². The van der Waals surface area contributed by atoms with Gasteiger partial charge in [-0.15, -0.1) is 0 Å². The largest absolute Gasteiger partial charge is 0.496 e. The van der Waals surface area contributed by atoms with E-state index in [4.69, 9.17) is 28.1 Å². The molecule has 1 N–H and O–H groups in total. The highest BCUT2D eigenvalue weighted by molar-refractivity contribution is 6.88. The fourth-order valence-electron chi connectivity index (χ4n) is 3.13. The molecule has 1 aromatic heterocycles. The van der Waals surface area contributed by atoms with Crippen LogP contribution in [-0.4, -0.2) is 42.4 Å². The number of carbonyl (C=O) groups excluding carboxylic acids is 1. The molecule has 3 rings (SSSR count). The van der Waals surface area contributed by atoms with Gasteiger partial charge in [0.2, 0.25) is 0 Å². The van der Waals surface area contributed by atoms with Crippen LogP contribution in [0.15, 0.2) is 46.9 Å². The van der Waals surface area contributed by atoms with Gasteiger partial charge < -0.3 is 33.4 Å². The Balaban J connectivity index is 1.84. The first-order chi connectivity index (χ1) is 15.7. The van der Waals surface area contributed by atoms with E-state index >= 15 is 0 Å². The summed E-state index contributed by atoms with van der Waals surface area (Å²) < 4.78 is 33.0. The van der Waals surface area contributed by atoms with Crippen molar-refractivity contribution in [2.75, 3.05) is 33.8 Å². The zero-order chi connectivity index (χ0) is 24.2. The van der Waals surface area contributed by atoms with Crippen LogP contribution in [0.4, 0.5) is 5.69 Å². The van der Waals surface area contributed by atoms with E-state index in [0.717, 1.165) is 0 Å². The fraction of sp³-hybridized carbons (Fsp3) is 0.292. The molecule has 0 unspecified atom stereocenters. The summed E-state index contributed by atoms with van der Waals surface area (Å²) in [6.07, 6.45) is 0. The van der Waals surface area contributed by atoms with Gasteiger partial charge in [-0.05, 0) is 18.2 Å². The van der Waals surface area contributed by atoms with Crippen molar-refractivity contribution in [3.63, 3.8) is 0 Å². The van der Waals surface area contributed by atoms with Gasteiger partial charge >= 0.3 is 0 Å². The predicted molar refractivity (Wildman–Crippen MR) is 129 cm³/mol. The number of nitrogens with one attached hydrogen (secondary N) is 1. The van der Waals surface area contributed by atoms with Crippen molar-refractivity contribution in [1.29, 1.82) is 0 Å². The van der Waals surface area contributed by atoms with Crippen LogP contribution in [0.2, 0.25) is 19.6 Å². The summed E-state index contributed by atoms with van der Waals surface area (Å²) in [5.41, 5.74) is 0.356. The van der Waals surface area contributed by atoms with Crippen molar-refractivity contribution in [1.82, 2.24) is 0 Å². The second kappa shape index (κ2) is 9.91. The van der Waals surface area contributed by atoms with Crippen molar-refractivity contribution in [2.45, 2.75) is 19.6 Å². The highest BCUT2D eigenvalue weighted by Crippen LogP contribution is 2.39. The number of furan rings is 1. The van der Waals surface area contributed by atoms with Gasteiger partial charge in [-0.2, -0.15) is 0 Å². The average Bonchev–Trinajstić information content (AvgIpc) is 3.27. The van der Waals surface area contributed by atoms with E-state index in [2.05, 4.69) is 31.0 Å². The van der Waals surface area contributed by atoms with Crippen LogP contribution in [0.1, 0.15) is 10.6 Å². The van der Waals surface area contributed by atoms with Gasteiger partial charge in [0.25, 0.3) is 11.9 Å². The molecule has 0 radical (unpaired) electrons. The summed E-state index contributed by atoms with van der Waals surface area (Å²) in [4.78, 5) is 12.9. The Hall–Kier alpha value is -3.59. The Kier molecular flexibility index (Phi) is 7.22. The Labute approximate surface area is 194 Å². The Morgan fingerprint density at radius 3 is 1.97 bits per heavy atom. The Morgan fingerprint density at radius 2 is 1.42 bits per heavy atom. The van der Waals surface area contributed by atoms with Crippen molar-refractivity contribution in [3.05, 3.63) is 48.2 Å². The maximum Gasteiger partial charge on any atom is 0.291 e. The van der Waals surface area contributed by atoms with Crippen LogP contribution >= 0.6 is 0 Å². The van der Waals surface area contributed by atoms with Crippen LogP contribution < -0.4 is 34.2 Å². The molecule has 0 aliphatic rings. The van der Waals surface area contributed by atoms with Crippen molar-refractivity contribution < 1.29 is 32.9 Å². The molecule has 1 heterocycles. The van der Waals surface area contributed by atoms with E-state index in [1.54, 1.807) is 25.3 Å². The summed E-state index contributed by atoms with van der Waals surface area (Å²) in [6.45, 7) is 6.74. The first-order valence-corrected chi connectivity index (χ1v) is 13.8. The molecule has 8 nitrogen and oxygen atoms in total. The van der Waals surface area contributed by atoms with Crippen LogP contribution in [0.5, 0.6) is 34.7 Å². The van der Waals surface area contributed by atoms with Gasteiger partial charge in [0.05, 0.1) is 36.5 Å². The number of hydrogen-bond acceptors (Lipinski definition) is 7. The lowest BCUT2D eigenvalue weighted by molar-refractivity contribution is 0.0991. The van der Waals surface area contributed by atoms with E-state index in [0.29, 0.717) is 34.4 Å². The van der Waals surface area contributed by atoms with Gasteiger partial charge in [-0.25, -0.2) is 0 Å². The fourth-order valence-corrected chi connectivity index (χ4v) is 4.28. The lowest BCUT2D eigenvalue weighted by atomic mass is 10.2. The van der Waals surface area contributed by atoms with Crippen molar-refractivity contribution in [3.8, 4) is 34.7 Å². The number of benzene rings is 2. The number of ether oxygens (including phenoxy) is 5. The van der Waals surface area contributed by atoms with Gasteiger partial charge in [0.15, 0.2) is 17.3 Å². The van der Waals surface area contributed by atoms with Crippen molar-refractivity contribution >= 4 is 24.9 Å². The smallest absolute Gasteiger partial charge is 0.291 e. The van der Waals surface area contributed by atoms with Crippen LogP contribution in [-0.2, 0) is 0 Å². The third kappa shape index (κ3) is 5.43. The number of methoxy groups -OCH3 is 4. The van der Waals surface area contributed by atoms with Gasteiger partial charge in [-0.1, -0.05) is 30.9 Å². The highest BCUT2D eigenvalue weighted by atomic mass is 28.3. The summed E-state index contributed by atoms with van der Waals surface area (Å²) in [6, 6.07) is 12.3. The third-order valence-corrected chi connectivity index (χ3v) is 7.04. The van der Waals surface area contributed by atoms with E-state index in [1.807, 2.05) is 12.1 Å². The maximum absolute atomic E-state index is 12.9. The quantitative estimate of drug-likeness (QED) is 0.444. The number of hydrogen-bond donors (Lipinski definition) is 1. The molecule has 9 heteroatoms. The first-order valence-electron chi connectivity index (χ1n) is 10.3. The average molecular weight is 472 g/mol. The Morgan fingerprint density at radius 1 is 0.788 bits per heavy atom. The molecule has 2 aromatic carbocycles. The van der Waals surface area contributed by atoms with E-state index < -0.39 is 14.0 Å². The predicted octanol–water partition coefficient (Wildman–Crippen LogP) is 4.90. The molecule has 0 spiro atoms. The molecular formula is C24H29NO7Si. The minimum Gasteiger partial charge on any atom is -0.496 e. The molecule has 0 aliphatic heterocycles. The van der Waals surface area contributed by atoms with E-state index in [9.17, 15) is 4.79 Å². The summed E-state index contributed by atoms with van der Waals surface area (Å²) in [5.74, 6) is 2.14. The lowest BCUT2D eigenvalue weighted by Gasteiger charge is -2.18. The van der Waals surface area contributed by atoms with Crippen LogP contribution in [0, 0.1) is 0 Å². The SMILES string of the molecule is COc1cc(OC)c(NC(=O)c2ccc(Oc3cc([Si](C)(C)C)ccc3OC)o2)c(OC)c1. The minimum absolute atomic E-state index is 0.0604. The second-order valence-corrected chi connectivity index (χ2v) is 13.3. The molecule has 33 heavy (non-hydrogen) atoms. The summed E-state index contributed by atoms with van der Waals surface area (Å²) in [5, 5.41) is 3.97. The number of anilines is 1. The zero-order valence-electron chi connectivity index (χ0n) is 19.9. The molecule has 0 bridgehead atoms. The third-order valence-electron chi connectivity index (χ3n) is 5.00. The minimum atomic E-state index is -1.56. The van der Waals surface area contributed by atoms with Crippen molar-refractivity contribution in [2.24, 2.45) is 0 Å². The number of rotatable bonds is 9. The topological polar surface area (TPSA) is 88.4 Å². The molecule has 1 amide bonds. The van der Waals surface area contributed by atoms with Gasteiger partial charge in [0, 0.05) is 18.2 Å². The first kappa shape index (κ1) is 24.1. The molecule has 0 saturated carbocycles. The van der Waals surface area contributed by atoms with Gasteiger partial charge in [-0.3, -0.25) is 4.79 Å². The Bertz CT molecular complexity index is 1110. The molecule has 3 aromatic rings. The maximum atomic E-state index is 12.9. The van der Waals surface area contributed by atoms with Crippen LogP contribution in [0.25, 0.3) is 0 Å². The molecule has 176 valence electrons. The lowest BCUT2D eigenvalue weighted by Crippen LogP contribution is -2.37. The molecule has 0 atom stereocenters.